The molecule has 0 bridgehead atoms. The number of nitro groups is 1. The summed E-state index contributed by atoms with van der Waals surface area (Å²) in [5.41, 5.74) is 0.987. The van der Waals surface area contributed by atoms with Gasteiger partial charge in [-0.25, -0.2) is 9.37 Å². The molecule has 1 aliphatic rings. The van der Waals surface area contributed by atoms with E-state index in [2.05, 4.69) is 5.10 Å². The first-order valence-electron chi connectivity index (χ1n) is 12.7. The second kappa shape index (κ2) is 11.4. The van der Waals surface area contributed by atoms with Crippen molar-refractivity contribution in [2.75, 3.05) is 7.11 Å². The molecule has 3 aromatic carbocycles. The predicted molar refractivity (Wildman–Crippen MR) is 145 cm³/mol. The molecule has 0 saturated heterocycles. The summed E-state index contributed by atoms with van der Waals surface area (Å²) in [6, 6.07) is 15.7. The van der Waals surface area contributed by atoms with Crippen LogP contribution in [-0.2, 0) is 6.61 Å². The van der Waals surface area contributed by atoms with Gasteiger partial charge in [0.15, 0.2) is 5.75 Å². The Balaban J connectivity index is 1.53. The van der Waals surface area contributed by atoms with Crippen molar-refractivity contribution in [1.29, 1.82) is 0 Å². The van der Waals surface area contributed by atoms with E-state index in [0.717, 1.165) is 32.1 Å². The SMILES string of the molecule is COc1cc(C=Nn2c(C3CCCCC3)nc3ccccc3c2=O)cc([N+](=O)[O-])c1OCc1ccc(F)cc1. The minimum atomic E-state index is -0.572. The van der Waals surface area contributed by atoms with E-state index in [0.29, 0.717) is 27.9 Å². The van der Waals surface area contributed by atoms with Crippen molar-refractivity contribution in [3.8, 4) is 11.5 Å². The van der Waals surface area contributed by atoms with Gasteiger partial charge in [0.25, 0.3) is 5.56 Å². The molecule has 4 aromatic rings. The summed E-state index contributed by atoms with van der Waals surface area (Å²) in [7, 11) is 1.38. The van der Waals surface area contributed by atoms with Crippen molar-refractivity contribution in [3.05, 3.63) is 104 Å². The van der Waals surface area contributed by atoms with Gasteiger partial charge in [-0.05, 0) is 48.7 Å². The number of benzene rings is 3. The Labute approximate surface area is 223 Å². The number of halogens is 1. The molecule has 0 N–H and O–H groups in total. The monoisotopic (exact) mass is 530 g/mol. The van der Waals surface area contributed by atoms with Crippen LogP contribution in [0, 0.1) is 15.9 Å². The van der Waals surface area contributed by atoms with E-state index >= 15 is 0 Å². The molecule has 0 unspecified atom stereocenters. The molecule has 39 heavy (non-hydrogen) atoms. The second-order valence-electron chi connectivity index (χ2n) is 9.43. The Kier molecular flexibility index (Phi) is 7.62. The molecule has 0 spiro atoms. The van der Waals surface area contributed by atoms with E-state index in [9.17, 15) is 19.3 Å². The third-order valence-electron chi connectivity index (χ3n) is 6.84. The Bertz CT molecular complexity index is 1590. The summed E-state index contributed by atoms with van der Waals surface area (Å²) in [6.45, 7) is -0.0200. The lowest BCUT2D eigenvalue weighted by Gasteiger charge is -2.22. The molecule has 5 rings (SSSR count). The number of nitrogens with zero attached hydrogens (tertiary/aromatic N) is 4. The van der Waals surface area contributed by atoms with Crippen LogP contribution in [0.1, 0.15) is 55.0 Å². The smallest absolute Gasteiger partial charge is 0.315 e. The third-order valence-corrected chi connectivity index (χ3v) is 6.84. The number of hydrogen-bond donors (Lipinski definition) is 0. The Morgan fingerprint density at radius 1 is 1.13 bits per heavy atom. The summed E-state index contributed by atoms with van der Waals surface area (Å²) < 4.78 is 25.7. The van der Waals surface area contributed by atoms with E-state index < -0.39 is 10.7 Å². The van der Waals surface area contributed by atoms with Gasteiger partial charge >= 0.3 is 5.69 Å². The number of fused-ring (bicyclic) bond motifs is 1. The number of aromatic nitrogens is 2. The van der Waals surface area contributed by atoms with Crippen molar-refractivity contribution in [3.63, 3.8) is 0 Å². The van der Waals surface area contributed by atoms with Crippen LogP contribution in [0.15, 0.2) is 70.6 Å². The molecule has 0 radical (unpaired) electrons. The van der Waals surface area contributed by atoms with Gasteiger partial charge in [-0.2, -0.15) is 9.78 Å². The molecule has 1 saturated carbocycles. The van der Waals surface area contributed by atoms with Gasteiger partial charge in [-0.3, -0.25) is 14.9 Å². The highest BCUT2D eigenvalue weighted by Crippen LogP contribution is 2.38. The fourth-order valence-corrected chi connectivity index (χ4v) is 4.85. The highest BCUT2D eigenvalue weighted by atomic mass is 19.1. The van der Waals surface area contributed by atoms with E-state index in [1.165, 1.54) is 48.3 Å². The minimum absolute atomic E-state index is 0.0200. The van der Waals surface area contributed by atoms with Gasteiger partial charge < -0.3 is 9.47 Å². The highest BCUT2D eigenvalue weighted by Gasteiger charge is 2.24. The lowest BCUT2D eigenvalue weighted by Crippen LogP contribution is -2.25. The van der Waals surface area contributed by atoms with Gasteiger partial charge in [-0.1, -0.05) is 43.5 Å². The van der Waals surface area contributed by atoms with Crippen LogP contribution in [0.4, 0.5) is 10.1 Å². The summed E-state index contributed by atoms with van der Waals surface area (Å²) in [4.78, 5) is 29.6. The summed E-state index contributed by atoms with van der Waals surface area (Å²) in [6.07, 6.45) is 6.49. The lowest BCUT2D eigenvalue weighted by molar-refractivity contribution is -0.386. The number of para-hydroxylation sites is 1. The molecule has 1 heterocycles. The van der Waals surface area contributed by atoms with Gasteiger partial charge in [-0.15, -0.1) is 0 Å². The van der Waals surface area contributed by atoms with E-state index in [1.54, 1.807) is 18.2 Å². The number of nitro benzene ring substituents is 1. The molecule has 1 aromatic heterocycles. The van der Waals surface area contributed by atoms with Crippen molar-refractivity contribution < 1.29 is 18.8 Å². The molecule has 9 nitrogen and oxygen atoms in total. The van der Waals surface area contributed by atoms with Crippen LogP contribution in [0.3, 0.4) is 0 Å². The van der Waals surface area contributed by atoms with E-state index in [-0.39, 0.29) is 35.3 Å². The molecular formula is C29H27FN4O5. The fraction of sp³-hybridized carbons (Fsp3) is 0.276. The van der Waals surface area contributed by atoms with Gasteiger partial charge in [0.1, 0.15) is 18.2 Å². The molecule has 0 amide bonds. The minimum Gasteiger partial charge on any atom is -0.493 e. The Morgan fingerprint density at radius 2 is 1.87 bits per heavy atom. The molecular weight excluding hydrogens is 503 g/mol. The van der Waals surface area contributed by atoms with Gasteiger partial charge in [0, 0.05) is 17.5 Å². The molecule has 200 valence electrons. The summed E-state index contributed by atoms with van der Waals surface area (Å²) in [5.74, 6) is 0.369. The Morgan fingerprint density at radius 3 is 2.59 bits per heavy atom. The topological polar surface area (TPSA) is 109 Å². The van der Waals surface area contributed by atoms with Crippen LogP contribution < -0.4 is 15.0 Å². The lowest BCUT2D eigenvalue weighted by atomic mass is 9.88. The van der Waals surface area contributed by atoms with Crippen molar-refractivity contribution in [2.24, 2.45) is 5.10 Å². The summed E-state index contributed by atoms with van der Waals surface area (Å²) in [5, 5.41) is 16.9. The summed E-state index contributed by atoms with van der Waals surface area (Å²) >= 11 is 0. The van der Waals surface area contributed by atoms with Crippen molar-refractivity contribution in [2.45, 2.75) is 44.6 Å². The molecule has 0 atom stereocenters. The van der Waals surface area contributed by atoms with Crippen LogP contribution in [0.2, 0.25) is 0 Å². The first-order chi connectivity index (χ1) is 18.9. The number of rotatable bonds is 8. The average Bonchev–Trinajstić information content (AvgIpc) is 2.96. The third kappa shape index (κ3) is 5.64. The number of hydrogen-bond acceptors (Lipinski definition) is 7. The molecule has 1 aliphatic carbocycles. The maximum absolute atomic E-state index is 13.4. The zero-order valence-corrected chi connectivity index (χ0v) is 21.4. The Hall–Kier alpha value is -4.60. The largest absolute Gasteiger partial charge is 0.493 e. The standard InChI is InChI=1S/C29H27FN4O5/c1-38-26-16-20(15-25(34(36)37)27(26)39-18-19-11-13-22(30)14-12-19)17-31-33-28(21-7-3-2-4-8-21)32-24-10-6-5-9-23(24)29(33)35/h5-6,9-17,21H,2-4,7-8,18H2,1H3. The fourth-order valence-electron chi connectivity index (χ4n) is 4.85. The van der Waals surface area contributed by atoms with Crippen LogP contribution in [0.5, 0.6) is 11.5 Å². The highest BCUT2D eigenvalue weighted by molar-refractivity contribution is 5.83. The van der Waals surface area contributed by atoms with Gasteiger partial charge in [0.05, 0.1) is 29.2 Å². The van der Waals surface area contributed by atoms with Crippen LogP contribution in [0.25, 0.3) is 10.9 Å². The number of methoxy groups -OCH3 is 1. The van der Waals surface area contributed by atoms with Gasteiger partial charge in [0.2, 0.25) is 5.75 Å². The average molecular weight is 531 g/mol. The van der Waals surface area contributed by atoms with Crippen molar-refractivity contribution >= 4 is 22.8 Å². The van der Waals surface area contributed by atoms with Crippen LogP contribution in [-0.4, -0.2) is 27.9 Å². The molecule has 10 heteroatoms. The van der Waals surface area contributed by atoms with Crippen LogP contribution >= 0.6 is 0 Å². The predicted octanol–water partition coefficient (Wildman–Crippen LogP) is 5.96. The molecule has 0 aliphatic heterocycles. The number of ether oxygens (including phenoxy) is 2. The zero-order valence-electron chi connectivity index (χ0n) is 21.4. The maximum Gasteiger partial charge on any atom is 0.315 e. The first kappa shape index (κ1) is 26.0. The maximum atomic E-state index is 13.4. The first-order valence-corrected chi connectivity index (χ1v) is 12.7. The zero-order chi connectivity index (χ0) is 27.4. The quantitative estimate of drug-likeness (QED) is 0.158. The van der Waals surface area contributed by atoms with E-state index in [4.69, 9.17) is 14.5 Å². The second-order valence-corrected chi connectivity index (χ2v) is 9.43. The van der Waals surface area contributed by atoms with Crippen molar-refractivity contribution in [1.82, 2.24) is 9.66 Å². The molecule has 1 fully saturated rings. The van der Waals surface area contributed by atoms with E-state index in [1.807, 2.05) is 12.1 Å². The normalized spacial score (nSPS) is 14.1.